The van der Waals surface area contributed by atoms with Crippen molar-refractivity contribution in [3.05, 3.63) is 77.5 Å². The van der Waals surface area contributed by atoms with Gasteiger partial charge in [-0.15, -0.1) is 0 Å². The minimum atomic E-state index is -1.80. The highest BCUT2D eigenvalue weighted by Gasteiger charge is 2.37. The molecule has 5 nitrogen and oxygen atoms in total. The third kappa shape index (κ3) is 6.43. The van der Waals surface area contributed by atoms with Crippen molar-refractivity contribution in [2.45, 2.75) is 64.3 Å². The number of ether oxygens (including phenoxy) is 1. The summed E-state index contributed by atoms with van der Waals surface area (Å²) in [5, 5.41) is 1.49. The zero-order valence-corrected chi connectivity index (χ0v) is 24.3. The van der Waals surface area contributed by atoms with Gasteiger partial charge in [0.05, 0.1) is 7.11 Å². The number of esters is 1. The summed E-state index contributed by atoms with van der Waals surface area (Å²) in [6, 6.07) is 17.7. The smallest absolute Gasteiger partial charge is 0.330 e. The van der Waals surface area contributed by atoms with Gasteiger partial charge in [-0.3, -0.25) is 4.90 Å². The van der Waals surface area contributed by atoms with Crippen LogP contribution in [0.2, 0.25) is 18.1 Å². The predicted octanol–water partition coefficient (Wildman–Crippen LogP) is 6.84. The summed E-state index contributed by atoms with van der Waals surface area (Å²) in [6.45, 7) is 15.1. The van der Waals surface area contributed by atoms with E-state index < -0.39 is 8.32 Å². The fourth-order valence-corrected chi connectivity index (χ4v) is 5.99. The van der Waals surface area contributed by atoms with Crippen LogP contribution in [0.15, 0.2) is 60.8 Å². The van der Waals surface area contributed by atoms with Crippen molar-refractivity contribution in [1.29, 1.82) is 0 Å². The van der Waals surface area contributed by atoms with Gasteiger partial charge in [0.25, 0.3) is 0 Å². The molecule has 1 aliphatic rings. The van der Waals surface area contributed by atoms with E-state index in [0.29, 0.717) is 6.04 Å². The minimum absolute atomic E-state index is 0.204. The highest BCUT2D eigenvalue weighted by molar-refractivity contribution is 6.74. The van der Waals surface area contributed by atoms with Crippen LogP contribution in [-0.4, -0.2) is 50.6 Å². The first kappa shape index (κ1) is 27.4. The maximum absolute atomic E-state index is 11.5. The number of hydrogen-bond acceptors (Lipinski definition) is 4. The summed E-state index contributed by atoms with van der Waals surface area (Å²) in [5.41, 5.74) is 5.10. The third-order valence-electron chi connectivity index (χ3n) is 8.22. The molecule has 0 radical (unpaired) electrons. The molecule has 0 bridgehead atoms. The van der Waals surface area contributed by atoms with Gasteiger partial charge in [0.2, 0.25) is 0 Å². The average molecular weight is 519 g/mol. The quantitative estimate of drug-likeness (QED) is 0.167. The first-order chi connectivity index (χ1) is 17.6. The second-order valence-electron chi connectivity index (χ2n) is 11.6. The van der Waals surface area contributed by atoms with Gasteiger partial charge in [0.1, 0.15) is 0 Å². The number of carbonyl (C=O) groups is 1. The molecular formula is C31H42N2O3Si. The molecule has 2 aromatic carbocycles. The van der Waals surface area contributed by atoms with Crippen molar-refractivity contribution in [2.24, 2.45) is 0 Å². The number of rotatable bonds is 10. The van der Waals surface area contributed by atoms with E-state index in [-0.39, 0.29) is 11.0 Å². The molecule has 6 heteroatoms. The molecule has 198 valence electrons. The van der Waals surface area contributed by atoms with Crippen molar-refractivity contribution < 1.29 is 14.0 Å². The fourth-order valence-electron chi connectivity index (χ4n) is 4.96. The summed E-state index contributed by atoms with van der Waals surface area (Å²) >= 11 is 0. The fraction of sp³-hybridized carbons (Fsp3) is 0.452. The number of methoxy groups -OCH3 is 1. The number of aryl methyl sites for hydroxylation is 1. The first-order valence-electron chi connectivity index (χ1n) is 13.4. The number of carbonyl (C=O) groups excluding carboxylic acids is 1. The molecule has 3 aromatic rings. The van der Waals surface area contributed by atoms with Crippen LogP contribution in [0.4, 0.5) is 0 Å². The Hall–Kier alpha value is -2.67. The molecule has 1 atom stereocenters. The zero-order chi connectivity index (χ0) is 26.6. The van der Waals surface area contributed by atoms with Gasteiger partial charge < -0.3 is 13.7 Å². The number of hydrogen-bond donors (Lipinski definition) is 0. The Kier molecular flexibility index (Phi) is 8.41. The van der Waals surface area contributed by atoms with Crippen LogP contribution in [0.25, 0.3) is 17.0 Å². The second kappa shape index (κ2) is 11.4. The van der Waals surface area contributed by atoms with Crippen molar-refractivity contribution in [3.63, 3.8) is 0 Å². The Bertz CT molecular complexity index is 1250. The van der Waals surface area contributed by atoms with Gasteiger partial charge in [-0.05, 0) is 71.3 Å². The maximum atomic E-state index is 11.5. The summed E-state index contributed by atoms with van der Waals surface area (Å²) in [6.07, 6.45) is 7.68. The normalized spacial score (nSPS) is 16.1. The van der Waals surface area contributed by atoms with Crippen LogP contribution in [0, 0.1) is 0 Å². The molecule has 1 heterocycles. The molecule has 0 saturated heterocycles. The van der Waals surface area contributed by atoms with Gasteiger partial charge in [0, 0.05) is 50.1 Å². The largest absolute Gasteiger partial charge is 0.466 e. The molecule has 0 saturated carbocycles. The van der Waals surface area contributed by atoms with E-state index in [2.05, 4.69) is 98.1 Å². The van der Waals surface area contributed by atoms with Gasteiger partial charge in [-0.25, -0.2) is 4.79 Å². The van der Waals surface area contributed by atoms with E-state index in [4.69, 9.17) is 9.16 Å². The molecule has 0 aliphatic heterocycles. The highest BCUT2D eigenvalue weighted by Crippen LogP contribution is 2.38. The Morgan fingerprint density at radius 2 is 1.92 bits per heavy atom. The van der Waals surface area contributed by atoms with Crippen molar-refractivity contribution in [3.8, 4) is 0 Å². The Morgan fingerprint density at radius 3 is 2.68 bits per heavy atom. The van der Waals surface area contributed by atoms with E-state index in [1.165, 1.54) is 35.2 Å². The van der Waals surface area contributed by atoms with Crippen molar-refractivity contribution in [2.75, 3.05) is 26.8 Å². The lowest BCUT2D eigenvalue weighted by Gasteiger charge is -2.37. The lowest BCUT2D eigenvalue weighted by atomic mass is 10.0. The molecule has 4 rings (SSSR count). The van der Waals surface area contributed by atoms with Gasteiger partial charge >= 0.3 is 5.97 Å². The van der Waals surface area contributed by atoms with E-state index >= 15 is 0 Å². The Morgan fingerprint density at radius 1 is 1.14 bits per heavy atom. The van der Waals surface area contributed by atoms with E-state index in [0.717, 1.165) is 44.6 Å². The summed E-state index contributed by atoms with van der Waals surface area (Å²) < 4.78 is 13.7. The topological polar surface area (TPSA) is 43.7 Å². The Labute approximate surface area is 223 Å². The van der Waals surface area contributed by atoms with Crippen LogP contribution in [0.1, 0.15) is 49.9 Å². The molecule has 37 heavy (non-hydrogen) atoms. The molecule has 0 amide bonds. The first-order valence-corrected chi connectivity index (χ1v) is 16.3. The molecule has 1 aliphatic carbocycles. The molecular weight excluding hydrogens is 476 g/mol. The molecule has 1 unspecified atom stereocenters. The number of benzene rings is 2. The SMILES string of the molecule is COC(=O)C=Cc1ccc2c(c1)CCC2N(CCO[Si](C)(C)C(C)(C)C)CCn1ccc2ccccc21. The predicted molar refractivity (Wildman–Crippen MR) is 155 cm³/mol. The van der Waals surface area contributed by atoms with Crippen LogP contribution >= 0.6 is 0 Å². The number of aromatic nitrogens is 1. The van der Waals surface area contributed by atoms with E-state index in [1.54, 1.807) is 0 Å². The van der Waals surface area contributed by atoms with E-state index in [9.17, 15) is 4.79 Å². The zero-order valence-electron chi connectivity index (χ0n) is 23.3. The second-order valence-corrected chi connectivity index (χ2v) is 16.4. The van der Waals surface area contributed by atoms with Crippen LogP contribution in [-0.2, 0) is 26.9 Å². The summed E-state index contributed by atoms with van der Waals surface area (Å²) in [7, 11) is -0.399. The summed E-state index contributed by atoms with van der Waals surface area (Å²) in [5.74, 6) is -0.330. The monoisotopic (exact) mass is 518 g/mol. The summed E-state index contributed by atoms with van der Waals surface area (Å²) in [4.78, 5) is 14.1. The van der Waals surface area contributed by atoms with Crippen molar-refractivity contribution >= 4 is 31.3 Å². The van der Waals surface area contributed by atoms with Crippen LogP contribution in [0.3, 0.4) is 0 Å². The van der Waals surface area contributed by atoms with Crippen LogP contribution in [0.5, 0.6) is 0 Å². The minimum Gasteiger partial charge on any atom is -0.466 e. The average Bonchev–Trinajstić information content (AvgIpc) is 3.47. The van der Waals surface area contributed by atoms with Gasteiger partial charge in [-0.2, -0.15) is 0 Å². The van der Waals surface area contributed by atoms with E-state index in [1.807, 2.05) is 6.08 Å². The third-order valence-corrected chi connectivity index (χ3v) is 12.8. The number of nitrogens with zero attached hydrogens (tertiary/aromatic N) is 2. The molecule has 0 N–H and O–H groups in total. The van der Waals surface area contributed by atoms with Crippen molar-refractivity contribution in [1.82, 2.24) is 9.47 Å². The lowest BCUT2D eigenvalue weighted by Crippen LogP contribution is -2.43. The highest BCUT2D eigenvalue weighted by atomic mass is 28.4. The Balaban J connectivity index is 1.52. The molecule has 1 aromatic heterocycles. The lowest BCUT2D eigenvalue weighted by molar-refractivity contribution is -0.134. The maximum Gasteiger partial charge on any atom is 0.330 e. The molecule has 0 fully saturated rings. The number of fused-ring (bicyclic) bond motifs is 2. The van der Waals surface area contributed by atoms with Crippen LogP contribution < -0.4 is 0 Å². The van der Waals surface area contributed by atoms with Gasteiger partial charge in [0.15, 0.2) is 8.32 Å². The molecule has 0 spiro atoms. The van der Waals surface area contributed by atoms with Gasteiger partial charge in [-0.1, -0.05) is 57.2 Å². The standard InChI is InChI=1S/C31H42N2O3Si/c1-31(2,3)37(5,6)36-22-21-33(20-19-32-18-17-25-9-7-8-10-28(25)32)29-15-13-26-23-24(11-14-27(26)29)12-16-30(34)35-4/h7-12,14,16-18,23,29H,13,15,19-22H2,1-6H3. The number of para-hydroxylation sites is 1.